The molecular formula is C8H9IN2O2S. The Balaban J connectivity index is 2.39. The summed E-state index contributed by atoms with van der Waals surface area (Å²) in [5.41, 5.74) is 0. The van der Waals surface area contributed by atoms with Gasteiger partial charge in [0.15, 0.2) is 0 Å². The highest BCUT2D eigenvalue weighted by Gasteiger charge is 2.04. The molecule has 0 saturated heterocycles. The predicted octanol–water partition coefficient (Wildman–Crippen LogP) is 1.74. The topological polar surface area (TPSA) is 52.1 Å². The van der Waals surface area contributed by atoms with Gasteiger partial charge in [0.1, 0.15) is 11.4 Å². The summed E-state index contributed by atoms with van der Waals surface area (Å²) in [6.07, 6.45) is 3.65. The number of methoxy groups -OCH3 is 1. The maximum Gasteiger partial charge on any atom is 0.306 e. The Kier molecular flexibility index (Phi) is 5.16. The van der Waals surface area contributed by atoms with Gasteiger partial charge in [0, 0.05) is 11.9 Å². The molecule has 0 atom stereocenters. The van der Waals surface area contributed by atoms with Crippen LogP contribution < -0.4 is 0 Å². The van der Waals surface area contributed by atoms with Crippen LogP contribution in [-0.4, -0.2) is 28.8 Å². The average molecular weight is 324 g/mol. The third kappa shape index (κ3) is 3.79. The summed E-state index contributed by atoms with van der Waals surface area (Å²) in [4.78, 5) is 18.8. The van der Waals surface area contributed by atoms with E-state index < -0.39 is 0 Å². The molecule has 0 N–H and O–H groups in total. The van der Waals surface area contributed by atoms with Crippen LogP contribution >= 0.6 is 34.4 Å². The normalized spacial score (nSPS) is 9.86. The number of esters is 1. The van der Waals surface area contributed by atoms with E-state index in [0.717, 1.165) is 8.60 Å². The number of carbonyl (C=O) groups excluding carboxylic acids is 1. The van der Waals surface area contributed by atoms with Crippen molar-refractivity contribution in [1.82, 2.24) is 9.97 Å². The second kappa shape index (κ2) is 6.18. The third-order valence-corrected chi connectivity index (χ3v) is 3.57. The highest BCUT2D eigenvalue weighted by atomic mass is 127. The fraction of sp³-hybridized carbons (Fsp3) is 0.375. The molecule has 0 fully saturated rings. The van der Waals surface area contributed by atoms with Crippen molar-refractivity contribution in [2.45, 2.75) is 11.4 Å². The molecule has 0 saturated carbocycles. The summed E-state index contributed by atoms with van der Waals surface area (Å²) in [6, 6.07) is 0. The number of ether oxygens (including phenoxy) is 1. The van der Waals surface area contributed by atoms with E-state index in [2.05, 4.69) is 37.3 Å². The molecule has 76 valence electrons. The highest BCUT2D eigenvalue weighted by Crippen LogP contribution is 2.21. The fourth-order valence-corrected chi connectivity index (χ4v) is 2.28. The number of hydrogen-bond acceptors (Lipinski definition) is 5. The van der Waals surface area contributed by atoms with Crippen molar-refractivity contribution in [1.29, 1.82) is 0 Å². The number of rotatable bonds is 4. The SMILES string of the molecule is COC(=O)CCSc1ncncc1I. The lowest BCUT2D eigenvalue weighted by atomic mass is 10.5. The molecule has 1 rings (SSSR count). The monoisotopic (exact) mass is 324 g/mol. The number of thioether (sulfide) groups is 1. The zero-order chi connectivity index (χ0) is 10.4. The van der Waals surface area contributed by atoms with Crippen molar-refractivity contribution in [2.24, 2.45) is 0 Å². The first-order valence-corrected chi connectivity index (χ1v) is 5.95. The lowest BCUT2D eigenvalue weighted by molar-refractivity contribution is -0.140. The zero-order valence-electron chi connectivity index (χ0n) is 7.57. The first kappa shape index (κ1) is 11.7. The molecule has 0 aromatic carbocycles. The van der Waals surface area contributed by atoms with Gasteiger partial charge < -0.3 is 4.74 Å². The lowest BCUT2D eigenvalue weighted by Gasteiger charge is -2.01. The van der Waals surface area contributed by atoms with E-state index >= 15 is 0 Å². The van der Waals surface area contributed by atoms with Crippen molar-refractivity contribution >= 4 is 40.3 Å². The second-order valence-corrected chi connectivity index (χ2v) is 4.60. The van der Waals surface area contributed by atoms with Crippen LogP contribution in [0.3, 0.4) is 0 Å². The van der Waals surface area contributed by atoms with Gasteiger partial charge in [0.05, 0.1) is 17.1 Å². The molecule has 1 heterocycles. The Bertz CT molecular complexity index is 322. The molecule has 1 aromatic heterocycles. The van der Waals surface area contributed by atoms with E-state index in [9.17, 15) is 4.79 Å². The number of carbonyl (C=O) groups is 1. The highest BCUT2D eigenvalue weighted by molar-refractivity contribution is 14.1. The van der Waals surface area contributed by atoms with Gasteiger partial charge in [-0.05, 0) is 22.6 Å². The van der Waals surface area contributed by atoms with Gasteiger partial charge >= 0.3 is 5.97 Å². The molecule has 0 unspecified atom stereocenters. The van der Waals surface area contributed by atoms with E-state index in [4.69, 9.17) is 0 Å². The molecule has 6 heteroatoms. The van der Waals surface area contributed by atoms with Gasteiger partial charge in [-0.15, -0.1) is 11.8 Å². The Morgan fingerprint density at radius 1 is 1.71 bits per heavy atom. The summed E-state index contributed by atoms with van der Waals surface area (Å²) in [5, 5.41) is 0.907. The van der Waals surface area contributed by atoms with Gasteiger partial charge in [0.25, 0.3) is 0 Å². The first-order valence-electron chi connectivity index (χ1n) is 3.89. The van der Waals surface area contributed by atoms with Crippen LogP contribution in [0.5, 0.6) is 0 Å². The quantitative estimate of drug-likeness (QED) is 0.365. The standard InChI is InChI=1S/C8H9IN2O2S/c1-13-7(12)2-3-14-8-6(9)4-10-5-11-8/h4-5H,2-3H2,1H3. The molecule has 0 bridgehead atoms. The molecule has 0 aliphatic rings. The number of halogens is 1. The van der Waals surface area contributed by atoms with Crippen LogP contribution in [0.15, 0.2) is 17.6 Å². The number of nitrogens with zero attached hydrogens (tertiary/aromatic N) is 2. The van der Waals surface area contributed by atoms with Gasteiger partial charge in [0.2, 0.25) is 0 Å². The average Bonchev–Trinajstić information content (AvgIpc) is 2.20. The van der Waals surface area contributed by atoms with Crippen LogP contribution in [0.4, 0.5) is 0 Å². The van der Waals surface area contributed by atoms with Gasteiger partial charge in [-0.25, -0.2) is 9.97 Å². The molecule has 4 nitrogen and oxygen atoms in total. The van der Waals surface area contributed by atoms with E-state index in [1.165, 1.54) is 25.2 Å². The largest absolute Gasteiger partial charge is 0.469 e. The lowest BCUT2D eigenvalue weighted by Crippen LogP contribution is -2.01. The van der Waals surface area contributed by atoms with Crippen LogP contribution in [-0.2, 0) is 9.53 Å². The second-order valence-electron chi connectivity index (χ2n) is 2.35. The van der Waals surface area contributed by atoms with E-state index in [-0.39, 0.29) is 5.97 Å². The fourth-order valence-electron chi connectivity index (χ4n) is 0.741. The van der Waals surface area contributed by atoms with Crippen LogP contribution in [0, 0.1) is 3.57 Å². The molecule has 0 aliphatic carbocycles. The maximum absolute atomic E-state index is 10.8. The van der Waals surface area contributed by atoms with Crippen molar-refractivity contribution in [3.8, 4) is 0 Å². The summed E-state index contributed by atoms with van der Waals surface area (Å²) in [5.74, 6) is 0.487. The zero-order valence-corrected chi connectivity index (χ0v) is 10.5. The van der Waals surface area contributed by atoms with E-state index in [1.54, 1.807) is 6.20 Å². The Morgan fingerprint density at radius 2 is 2.50 bits per heavy atom. The molecule has 0 aliphatic heterocycles. The maximum atomic E-state index is 10.8. The van der Waals surface area contributed by atoms with E-state index in [0.29, 0.717) is 12.2 Å². The van der Waals surface area contributed by atoms with Gasteiger partial charge in [-0.2, -0.15) is 0 Å². The van der Waals surface area contributed by atoms with E-state index in [1.807, 2.05) is 0 Å². The number of hydrogen-bond donors (Lipinski definition) is 0. The smallest absolute Gasteiger partial charge is 0.306 e. The molecule has 0 radical (unpaired) electrons. The molecule has 14 heavy (non-hydrogen) atoms. The summed E-state index contributed by atoms with van der Waals surface area (Å²) < 4.78 is 5.53. The van der Waals surface area contributed by atoms with Crippen molar-refractivity contribution in [2.75, 3.05) is 12.9 Å². The molecular weight excluding hydrogens is 315 g/mol. The summed E-state index contributed by atoms with van der Waals surface area (Å²) >= 11 is 3.70. The predicted molar refractivity (Wildman–Crippen MR) is 62.1 cm³/mol. The summed E-state index contributed by atoms with van der Waals surface area (Å²) in [6.45, 7) is 0. The Morgan fingerprint density at radius 3 is 3.14 bits per heavy atom. The van der Waals surface area contributed by atoms with Crippen LogP contribution in [0.1, 0.15) is 6.42 Å². The van der Waals surface area contributed by atoms with Gasteiger partial charge in [-0.1, -0.05) is 0 Å². The van der Waals surface area contributed by atoms with Crippen LogP contribution in [0.25, 0.3) is 0 Å². The van der Waals surface area contributed by atoms with Crippen molar-refractivity contribution in [3.63, 3.8) is 0 Å². The van der Waals surface area contributed by atoms with Crippen molar-refractivity contribution < 1.29 is 9.53 Å². The molecule has 0 spiro atoms. The minimum atomic E-state index is -0.193. The Labute approximate surface area is 100.0 Å². The third-order valence-electron chi connectivity index (χ3n) is 1.41. The molecule has 0 amide bonds. The first-order chi connectivity index (χ1) is 6.74. The Hall–Kier alpha value is -0.370. The van der Waals surface area contributed by atoms with Gasteiger partial charge in [-0.3, -0.25) is 4.79 Å². The minimum absolute atomic E-state index is 0.193. The van der Waals surface area contributed by atoms with Crippen LogP contribution in [0.2, 0.25) is 0 Å². The summed E-state index contributed by atoms with van der Waals surface area (Å²) in [7, 11) is 1.39. The molecule has 1 aromatic rings. The van der Waals surface area contributed by atoms with Crippen molar-refractivity contribution in [3.05, 3.63) is 16.1 Å². The number of aromatic nitrogens is 2. The minimum Gasteiger partial charge on any atom is -0.469 e.